The maximum atomic E-state index is 14.9. The lowest BCUT2D eigenvalue weighted by Gasteiger charge is -2.36. The van der Waals surface area contributed by atoms with Gasteiger partial charge in [-0.1, -0.05) is 63.2 Å². The lowest BCUT2D eigenvalue weighted by atomic mass is 9.96. The topological polar surface area (TPSA) is 69.7 Å². The number of ketones is 1. The van der Waals surface area contributed by atoms with Gasteiger partial charge in [-0.25, -0.2) is 0 Å². The molecule has 2 aliphatic heterocycles. The van der Waals surface area contributed by atoms with Gasteiger partial charge in [-0.15, -0.1) is 11.3 Å². The first-order valence-corrected chi connectivity index (χ1v) is 24.1. The highest BCUT2D eigenvalue weighted by molar-refractivity contribution is 7.22. The van der Waals surface area contributed by atoms with E-state index < -0.39 is 8.32 Å². The number of nitrogens with zero attached hydrogens (tertiary/aromatic N) is 2. The van der Waals surface area contributed by atoms with Crippen LogP contribution in [0.4, 0.5) is 0 Å². The second kappa shape index (κ2) is 18.3. The third-order valence-corrected chi connectivity index (χ3v) is 17.4. The van der Waals surface area contributed by atoms with Crippen LogP contribution >= 0.6 is 11.3 Å². The standard InChI is InChI=1S/C47H58N2O6SSi/c1-47(2,3)57(5,6)55-33-38-28-36(16-19-41(38)53-27-24-48-20-10-11-21-48)46-44(40-18-17-39(30-43(40)56-46)54-32-34-12-8-7-9-13-34)45(50)35-14-15-37(42(29-35)51-4)31-49-22-25-52-26-23-49/h7-9,12-19,28-30H,10-11,20-27,31-33H2,1-6H3. The van der Waals surface area contributed by atoms with Crippen molar-refractivity contribution in [3.05, 3.63) is 113 Å². The van der Waals surface area contributed by atoms with E-state index in [0.29, 0.717) is 36.7 Å². The summed E-state index contributed by atoms with van der Waals surface area (Å²) in [4.78, 5) is 20.6. The van der Waals surface area contributed by atoms with Gasteiger partial charge in [-0.3, -0.25) is 14.6 Å². The van der Waals surface area contributed by atoms with Crippen LogP contribution in [-0.4, -0.2) is 83.6 Å². The minimum atomic E-state index is -2.08. The molecule has 0 unspecified atom stereocenters. The first-order valence-electron chi connectivity index (χ1n) is 20.4. The van der Waals surface area contributed by atoms with Crippen LogP contribution in [0.2, 0.25) is 18.1 Å². The number of carbonyl (C=O) groups is 1. The number of ether oxygens (including phenoxy) is 4. The molecule has 2 aliphatic rings. The fraction of sp³-hybridized carbons (Fsp3) is 0.426. The van der Waals surface area contributed by atoms with E-state index in [2.05, 4.69) is 80.1 Å². The van der Waals surface area contributed by atoms with Crippen molar-refractivity contribution in [1.82, 2.24) is 9.80 Å². The van der Waals surface area contributed by atoms with Crippen molar-refractivity contribution >= 4 is 35.5 Å². The average molecular weight is 807 g/mol. The van der Waals surface area contributed by atoms with Crippen LogP contribution in [0.1, 0.15) is 66.2 Å². The summed E-state index contributed by atoms with van der Waals surface area (Å²) < 4.78 is 32.0. The van der Waals surface area contributed by atoms with Crippen molar-refractivity contribution in [2.75, 3.05) is 59.7 Å². The van der Waals surface area contributed by atoms with Crippen molar-refractivity contribution in [2.24, 2.45) is 0 Å². The molecule has 5 aromatic rings. The largest absolute Gasteiger partial charge is 0.496 e. The van der Waals surface area contributed by atoms with Crippen molar-refractivity contribution in [3.63, 3.8) is 0 Å². The average Bonchev–Trinajstić information content (AvgIpc) is 3.88. The Morgan fingerprint density at radius 1 is 0.807 bits per heavy atom. The summed E-state index contributed by atoms with van der Waals surface area (Å²) >= 11 is 1.62. The summed E-state index contributed by atoms with van der Waals surface area (Å²) in [5.74, 6) is 2.27. The number of rotatable bonds is 16. The molecule has 3 heterocycles. The molecule has 0 radical (unpaired) electrons. The SMILES string of the molecule is COc1cc(C(=O)c2c(-c3ccc(OCCN4CCCC4)c(CO[Si](C)(C)C(C)(C)C)c3)sc3cc(OCc4ccccc4)ccc23)ccc1CN1CCOCC1. The van der Waals surface area contributed by atoms with Crippen molar-refractivity contribution in [1.29, 1.82) is 0 Å². The Labute approximate surface area is 343 Å². The number of carbonyl (C=O) groups excluding carboxylic acids is 1. The number of methoxy groups -OCH3 is 1. The third kappa shape index (κ3) is 9.99. The first-order chi connectivity index (χ1) is 27.5. The van der Waals surface area contributed by atoms with Crippen LogP contribution in [-0.2, 0) is 28.9 Å². The minimum absolute atomic E-state index is 0.0459. The molecule has 0 saturated carbocycles. The number of benzene rings is 4. The van der Waals surface area contributed by atoms with E-state index in [1.807, 2.05) is 48.5 Å². The van der Waals surface area contributed by atoms with Crippen LogP contribution in [0.3, 0.4) is 0 Å². The number of likely N-dealkylation sites (tertiary alicyclic amines) is 1. The molecule has 10 heteroatoms. The molecule has 7 rings (SSSR count). The molecule has 2 fully saturated rings. The van der Waals surface area contributed by atoms with Gasteiger partial charge >= 0.3 is 0 Å². The van der Waals surface area contributed by atoms with Crippen molar-refractivity contribution in [3.8, 4) is 27.7 Å². The van der Waals surface area contributed by atoms with Gasteiger partial charge in [0, 0.05) is 63.4 Å². The van der Waals surface area contributed by atoms with E-state index >= 15 is 0 Å². The summed E-state index contributed by atoms with van der Waals surface area (Å²) in [6.07, 6.45) is 2.51. The molecular weight excluding hydrogens is 749 g/mol. The molecule has 2 saturated heterocycles. The highest BCUT2D eigenvalue weighted by atomic mass is 32.1. The summed E-state index contributed by atoms with van der Waals surface area (Å²) in [6.45, 7) is 20.0. The summed E-state index contributed by atoms with van der Waals surface area (Å²) in [6, 6.07) is 28.5. The first kappa shape index (κ1) is 41.1. The number of fused-ring (bicyclic) bond motifs is 1. The lowest BCUT2D eigenvalue weighted by Crippen LogP contribution is -2.40. The van der Waals surface area contributed by atoms with Crippen LogP contribution in [0, 0.1) is 0 Å². The zero-order valence-electron chi connectivity index (χ0n) is 34.5. The Bertz CT molecular complexity index is 2130. The molecule has 0 bridgehead atoms. The zero-order valence-corrected chi connectivity index (χ0v) is 36.3. The molecule has 57 heavy (non-hydrogen) atoms. The Kier molecular flexibility index (Phi) is 13.2. The normalized spacial score (nSPS) is 15.6. The molecule has 8 nitrogen and oxygen atoms in total. The van der Waals surface area contributed by atoms with Gasteiger partial charge < -0.3 is 23.4 Å². The van der Waals surface area contributed by atoms with Gasteiger partial charge in [0.25, 0.3) is 0 Å². The Morgan fingerprint density at radius 3 is 2.32 bits per heavy atom. The van der Waals surface area contributed by atoms with Gasteiger partial charge in [0.05, 0.1) is 26.9 Å². The molecule has 0 atom stereocenters. The van der Waals surface area contributed by atoms with Crippen LogP contribution in [0.5, 0.6) is 17.2 Å². The third-order valence-electron chi connectivity index (χ3n) is 11.8. The molecule has 302 valence electrons. The molecule has 4 aromatic carbocycles. The maximum Gasteiger partial charge on any atom is 0.195 e. The summed E-state index contributed by atoms with van der Waals surface area (Å²) in [7, 11) is -0.399. The number of thiophene rings is 1. The quantitative estimate of drug-likeness (QED) is 0.0721. The highest BCUT2D eigenvalue weighted by Crippen LogP contribution is 2.44. The van der Waals surface area contributed by atoms with Gasteiger partial charge in [-0.2, -0.15) is 0 Å². The fourth-order valence-corrected chi connectivity index (χ4v) is 9.41. The van der Waals surface area contributed by atoms with E-state index in [-0.39, 0.29) is 10.8 Å². The van der Waals surface area contributed by atoms with E-state index in [1.165, 1.54) is 12.8 Å². The van der Waals surface area contributed by atoms with E-state index in [4.69, 9.17) is 23.4 Å². The van der Waals surface area contributed by atoms with Crippen molar-refractivity contribution in [2.45, 2.75) is 71.5 Å². The summed E-state index contributed by atoms with van der Waals surface area (Å²) in [5.41, 5.74) is 5.37. The predicted octanol–water partition coefficient (Wildman–Crippen LogP) is 10.2. The molecule has 1 aromatic heterocycles. The van der Waals surface area contributed by atoms with Crippen LogP contribution in [0.15, 0.2) is 84.9 Å². The van der Waals surface area contributed by atoms with E-state index in [0.717, 1.165) is 101 Å². The van der Waals surface area contributed by atoms with Crippen molar-refractivity contribution < 1.29 is 28.2 Å². The van der Waals surface area contributed by atoms with E-state index in [1.54, 1.807) is 18.4 Å². The molecule has 0 N–H and O–H groups in total. The van der Waals surface area contributed by atoms with Gasteiger partial charge in [-0.05, 0) is 97.7 Å². The zero-order chi connectivity index (χ0) is 40.0. The summed E-state index contributed by atoms with van der Waals surface area (Å²) in [5, 5.41) is 0.958. The molecule has 0 spiro atoms. The van der Waals surface area contributed by atoms with Gasteiger partial charge in [0.15, 0.2) is 14.1 Å². The molecule has 0 amide bonds. The Morgan fingerprint density at radius 2 is 1.58 bits per heavy atom. The predicted molar refractivity (Wildman–Crippen MR) is 234 cm³/mol. The fourth-order valence-electron chi connectivity index (χ4n) is 7.24. The van der Waals surface area contributed by atoms with Gasteiger partial charge in [0.1, 0.15) is 30.5 Å². The lowest BCUT2D eigenvalue weighted by molar-refractivity contribution is 0.0339. The number of hydrogen-bond donors (Lipinski definition) is 0. The highest BCUT2D eigenvalue weighted by Gasteiger charge is 2.37. The van der Waals surface area contributed by atoms with E-state index in [9.17, 15) is 4.79 Å². The van der Waals surface area contributed by atoms with Crippen LogP contribution in [0.25, 0.3) is 20.5 Å². The second-order valence-corrected chi connectivity index (χ2v) is 22.6. The Balaban J connectivity index is 1.26. The number of hydrogen-bond acceptors (Lipinski definition) is 9. The Hall–Kier alpha value is -4.03. The smallest absolute Gasteiger partial charge is 0.195 e. The number of morpholine rings is 1. The maximum absolute atomic E-state index is 14.9. The monoisotopic (exact) mass is 806 g/mol. The molecular formula is C47H58N2O6SSi. The molecule has 0 aliphatic carbocycles. The van der Waals surface area contributed by atoms with Crippen LogP contribution < -0.4 is 14.2 Å². The minimum Gasteiger partial charge on any atom is -0.496 e. The van der Waals surface area contributed by atoms with Gasteiger partial charge in [0.2, 0.25) is 0 Å². The second-order valence-electron chi connectivity index (χ2n) is 16.8.